The zero-order chi connectivity index (χ0) is 17.6. The highest BCUT2D eigenvalue weighted by Crippen LogP contribution is 2.24. The maximum absolute atomic E-state index is 10.6. The van der Waals surface area contributed by atoms with Crippen molar-refractivity contribution < 1.29 is 14.6 Å². The molecule has 0 aliphatic heterocycles. The van der Waals surface area contributed by atoms with Crippen LogP contribution in [0.4, 0.5) is 5.69 Å². The number of ether oxygens (including phenoxy) is 1. The first-order chi connectivity index (χ1) is 12.1. The van der Waals surface area contributed by atoms with Gasteiger partial charge in [-0.2, -0.15) is 5.10 Å². The number of hydrogen-bond donors (Lipinski definition) is 2. The fourth-order valence-corrected chi connectivity index (χ4v) is 2.41. The molecule has 0 amide bonds. The first kappa shape index (κ1) is 16.7. The molecule has 1 heterocycles. The van der Waals surface area contributed by atoms with E-state index in [1.54, 1.807) is 48.8 Å². The van der Waals surface area contributed by atoms with Crippen molar-refractivity contribution in [2.24, 2.45) is 5.10 Å². The number of anilines is 1. The highest BCUT2D eigenvalue weighted by atomic mass is 35.5. The summed E-state index contributed by atoms with van der Waals surface area (Å²) in [4.78, 5) is 14.9. The minimum Gasteiger partial charge on any atom is -0.481 e. The molecule has 0 bridgehead atoms. The Hall–Kier alpha value is -3.12. The van der Waals surface area contributed by atoms with E-state index < -0.39 is 12.6 Å². The van der Waals surface area contributed by atoms with Gasteiger partial charge in [-0.25, -0.2) is 4.79 Å². The zero-order valence-electron chi connectivity index (χ0n) is 13.0. The standard InChI is InChI=1S/C18H14ClN3O3/c19-13-5-6-14-15(7-8-20-16(14)9-13)22-21-10-12-3-1-2-4-17(12)25-11-18(23)24/h1-10H,11H2,(H,20,22)(H,23,24)/b21-10-. The molecule has 3 aromatic rings. The van der Waals surface area contributed by atoms with Crippen molar-refractivity contribution in [2.45, 2.75) is 0 Å². The number of nitrogens with zero attached hydrogens (tertiary/aromatic N) is 2. The number of pyridine rings is 1. The minimum absolute atomic E-state index is 0.409. The number of hydrogen-bond acceptors (Lipinski definition) is 5. The number of carboxylic acids is 1. The number of rotatable bonds is 6. The van der Waals surface area contributed by atoms with Crippen LogP contribution in [0.25, 0.3) is 10.9 Å². The summed E-state index contributed by atoms with van der Waals surface area (Å²) in [5, 5.41) is 14.4. The lowest BCUT2D eigenvalue weighted by Crippen LogP contribution is -2.10. The van der Waals surface area contributed by atoms with Crippen LogP contribution >= 0.6 is 11.6 Å². The van der Waals surface area contributed by atoms with Gasteiger partial charge in [0, 0.05) is 22.2 Å². The Labute approximate surface area is 148 Å². The average molecular weight is 356 g/mol. The topological polar surface area (TPSA) is 83.8 Å². The van der Waals surface area contributed by atoms with E-state index in [0.717, 1.165) is 16.6 Å². The molecule has 7 heteroatoms. The Morgan fingerprint density at radius 2 is 2.12 bits per heavy atom. The van der Waals surface area contributed by atoms with Crippen LogP contribution in [0.15, 0.2) is 59.8 Å². The fourth-order valence-electron chi connectivity index (χ4n) is 2.25. The normalized spacial score (nSPS) is 10.9. The van der Waals surface area contributed by atoms with Gasteiger partial charge in [-0.1, -0.05) is 23.7 Å². The molecule has 0 aliphatic carbocycles. The number of carbonyl (C=O) groups is 1. The number of carboxylic acid groups (broad SMARTS) is 1. The molecule has 1 aromatic heterocycles. The van der Waals surface area contributed by atoms with E-state index in [-0.39, 0.29) is 0 Å². The van der Waals surface area contributed by atoms with E-state index >= 15 is 0 Å². The molecule has 126 valence electrons. The predicted octanol–water partition coefficient (Wildman–Crippen LogP) is 3.80. The van der Waals surface area contributed by atoms with E-state index in [2.05, 4.69) is 15.5 Å². The van der Waals surface area contributed by atoms with Crippen LogP contribution in [0.5, 0.6) is 5.75 Å². The van der Waals surface area contributed by atoms with Crippen LogP contribution in [0.2, 0.25) is 5.02 Å². The number of aromatic nitrogens is 1. The smallest absolute Gasteiger partial charge is 0.341 e. The fraction of sp³-hybridized carbons (Fsp3) is 0.0556. The van der Waals surface area contributed by atoms with Gasteiger partial charge in [-0.05, 0) is 36.4 Å². The van der Waals surface area contributed by atoms with Crippen molar-refractivity contribution in [1.82, 2.24) is 4.98 Å². The van der Waals surface area contributed by atoms with Crippen LogP contribution in [-0.2, 0) is 4.79 Å². The van der Waals surface area contributed by atoms with Crippen molar-refractivity contribution in [3.63, 3.8) is 0 Å². The molecule has 3 rings (SSSR count). The van der Waals surface area contributed by atoms with Gasteiger partial charge < -0.3 is 9.84 Å². The molecule has 0 fully saturated rings. The largest absolute Gasteiger partial charge is 0.481 e. The number of benzene rings is 2. The summed E-state index contributed by atoms with van der Waals surface area (Å²) < 4.78 is 5.24. The highest BCUT2D eigenvalue weighted by molar-refractivity contribution is 6.31. The summed E-state index contributed by atoms with van der Waals surface area (Å²) in [6.45, 7) is -0.409. The molecule has 0 atom stereocenters. The molecule has 0 spiro atoms. The third-order valence-electron chi connectivity index (χ3n) is 3.36. The van der Waals surface area contributed by atoms with E-state index in [0.29, 0.717) is 16.3 Å². The van der Waals surface area contributed by atoms with Crippen LogP contribution in [-0.4, -0.2) is 28.9 Å². The van der Waals surface area contributed by atoms with Crippen LogP contribution in [0.3, 0.4) is 0 Å². The van der Waals surface area contributed by atoms with E-state index in [4.69, 9.17) is 21.4 Å². The average Bonchev–Trinajstić information content (AvgIpc) is 2.60. The van der Waals surface area contributed by atoms with E-state index in [1.165, 1.54) is 0 Å². The van der Waals surface area contributed by atoms with Crippen molar-refractivity contribution in [3.8, 4) is 5.75 Å². The number of nitrogens with one attached hydrogen (secondary N) is 1. The Kier molecular flexibility index (Phi) is 5.11. The molecule has 0 unspecified atom stereocenters. The molecular formula is C18H14ClN3O3. The third-order valence-corrected chi connectivity index (χ3v) is 3.60. The number of fused-ring (bicyclic) bond motifs is 1. The monoisotopic (exact) mass is 355 g/mol. The van der Waals surface area contributed by atoms with Crippen molar-refractivity contribution in [2.75, 3.05) is 12.0 Å². The second kappa shape index (κ2) is 7.63. The quantitative estimate of drug-likeness (QED) is 0.519. The van der Waals surface area contributed by atoms with Gasteiger partial charge in [0.25, 0.3) is 0 Å². The number of halogens is 1. The Balaban J connectivity index is 1.79. The van der Waals surface area contributed by atoms with Gasteiger partial charge in [-0.15, -0.1) is 0 Å². The summed E-state index contributed by atoms with van der Waals surface area (Å²) >= 11 is 5.98. The lowest BCUT2D eigenvalue weighted by Gasteiger charge is -2.07. The predicted molar refractivity (Wildman–Crippen MR) is 97.5 cm³/mol. The van der Waals surface area contributed by atoms with E-state index in [1.807, 2.05) is 12.1 Å². The Bertz CT molecular complexity index is 944. The van der Waals surface area contributed by atoms with Gasteiger partial charge in [0.05, 0.1) is 17.4 Å². The molecule has 25 heavy (non-hydrogen) atoms. The first-order valence-corrected chi connectivity index (χ1v) is 7.78. The van der Waals surface area contributed by atoms with Gasteiger partial charge >= 0.3 is 5.97 Å². The van der Waals surface area contributed by atoms with Crippen molar-refractivity contribution >= 4 is 40.4 Å². The van der Waals surface area contributed by atoms with Gasteiger partial charge in [0.1, 0.15) is 5.75 Å². The number of hydrazone groups is 1. The SMILES string of the molecule is O=C(O)COc1ccccc1/C=N\Nc1ccnc2cc(Cl)ccc12. The minimum atomic E-state index is -1.04. The number of para-hydroxylation sites is 1. The maximum atomic E-state index is 10.6. The summed E-state index contributed by atoms with van der Waals surface area (Å²) in [7, 11) is 0. The van der Waals surface area contributed by atoms with Crippen LogP contribution < -0.4 is 10.2 Å². The molecule has 0 saturated carbocycles. The number of aliphatic carboxylic acids is 1. The van der Waals surface area contributed by atoms with Crippen LogP contribution in [0.1, 0.15) is 5.56 Å². The zero-order valence-corrected chi connectivity index (χ0v) is 13.8. The van der Waals surface area contributed by atoms with E-state index in [9.17, 15) is 4.79 Å². The molecule has 2 aromatic carbocycles. The third kappa shape index (κ3) is 4.24. The molecule has 2 N–H and O–H groups in total. The second-order valence-electron chi connectivity index (χ2n) is 5.11. The Morgan fingerprint density at radius 3 is 2.96 bits per heavy atom. The molecule has 0 aliphatic rings. The van der Waals surface area contributed by atoms with Crippen LogP contribution in [0, 0.1) is 0 Å². The van der Waals surface area contributed by atoms with Crippen molar-refractivity contribution in [3.05, 3.63) is 65.3 Å². The molecule has 0 saturated heterocycles. The lowest BCUT2D eigenvalue weighted by atomic mass is 10.2. The summed E-state index contributed by atoms with van der Waals surface area (Å²) in [5.41, 5.74) is 5.17. The summed E-state index contributed by atoms with van der Waals surface area (Å²) in [5.74, 6) is -0.589. The first-order valence-electron chi connectivity index (χ1n) is 7.40. The molecule has 6 nitrogen and oxygen atoms in total. The summed E-state index contributed by atoms with van der Waals surface area (Å²) in [6, 6.07) is 14.3. The molecule has 0 radical (unpaired) electrons. The Morgan fingerprint density at radius 1 is 1.28 bits per heavy atom. The van der Waals surface area contributed by atoms with Gasteiger partial charge in [0.2, 0.25) is 0 Å². The molecular weight excluding hydrogens is 342 g/mol. The van der Waals surface area contributed by atoms with Gasteiger partial charge in [0.15, 0.2) is 6.61 Å². The summed E-state index contributed by atoms with van der Waals surface area (Å²) in [6.07, 6.45) is 3.24. The highest BCUT2D eigenvalue weighted by Gasteiger charge is 2.04. The van der Waals surface area contributed by atoms with Gasteiger partial charge in [-0.3, -0.25) is 10.4 Å². The lowest BCUT2D eigenvalue weighted by molar-refractivity contribution is -0.139. The second-order valence-corrected chi connectivity index (χ2v) is 5.55. The van der Waals surface area contributed by atoms with Crippen molar-refractivity contribution in [1.29, 1.82) is 0 Å². The maximum Gasteiger partial charge on any atom is 0.341 e.